The number of benzene rings is 1. The molecule has 15 heavy (non-hydrogen) atoms. The molecule has 0 saturated heterocycles. The van der Waals surface area contributed by atoms with Gasteiger partial charge in [-0.2, -0.15) is 0 Å². The number of hydrogen-bond donors (Lipinski definition) is 1. The van der Waals surface area contributed by atoms with Crippen LogP contribution in [0.25, 0.3) is 0 Å². The number of hydrogen-bond acceptors (Lipinski definition) is 3. The van der Waals surface area contributed by atoms with Gasteiger partial charge in [-0.25, -0.2) is 0 Å². The molecule has 1 aromatic rings. The van der Waals surface area contributed by atoms with Crippen LogP contribution in [-0.4, -0.2) is 25.5 Å². The smallest absolute Gasteiger partial charge is 0.132 e. The van der Waals surface area contributed by atoms with E-state index >= 15 is 0 Å². The van der Waals surface area contributed by atoms with Crippen LogP contribution in [0.2, 0.25) is 0 Å². The van der Waals surface area contributed by atoms with Gasteiger partial charge >= 0.3 is 0 Å². The molecular formula is C12H16N2O. The lowest BCUT2D eigenvalue weighted by Crippen LogP contribution is -2.20. The Balaban J connectivity index is 2.21. The van der Waals surface area contributed by atoms with E-state index in [-0.39, 0.29) is 0 Å². The first-order valence-electron chi connectivity index (χ1n) is 5.42. The zero-order chi connectivity index (χ0) is 10.5. The highest BCUT2D eigenvalue weighted by atomic mass is 16.5. The molecule has 80 valence electrons. The number of nitrogens with one attached hydrogen (secondary N) is 1. The second kappa shape index (κ2) is 4.82. The van der Waals surface area contributed by atoms with Crippen molar-refractivity contribution in [3.05, 3.63) is 29.8 Å². The summed E-state index contributed by atoms with van der Waals surface area (Å²) in [5, 5.41) is 3.26. The van der Waals surface area contributed by atoms with E-state index in [1.54, 1.807) is 0 Å². The first kappa shape index (κ1) is 10.0. The van der Waals surface area contributed by atoms with Crippen LogP contribution in [0.15, 0.2) is 29.3 Å². The van der Waals surface area contributed by atoms with E-state index in [4.69, 9.17) is 4.74 Å². The topological polar surface area (TPSA) is 33.6 Å². The number of amidine groups is 1. The van der Waals surface area contributed by atoms with Crippen molar-refractivity contribution < 1.29 is 4.74 Å². The minimum absolute atomic E-state index is 0.754. The van der Waals surface area contributed by atoms with Crippen LogP contribution in [0, 0.1) is 0 Å². The van der Waals surface area contributed by atoms with Crippen LogP contribution in [0.1, 0.15) is 18.9 Å². The summed E-state index contributed by atoms with van der Waals surface area (Å²) < 4.78 is 5.68. The quantitative estimate of drug-likeness (QED) is 0.811. The van der Waals surface area contributed by atoms with Crippen LogP contribution in [0.3, 0.4) is 0 Å². The third-order valence-electron chi connectivity index (χ3n) is 2.28. The fraction of sp³-hybridized carbons (Fsp3) is 0.417. The van der Waals surface area contributed by atoms with Gasteiger partial charge in [0.25, 0.3) is 0 Å². The first-order chi connectivity index (χ1) is 7.42. The normalized spacial score (nSPS) is 14.6. The van der Waals surface area contributed by atoms with Crippen molar-refractivity contribution in [1.82, 2.24) is 5.32 Å². The summed E-state index contributed by atoms with van der Waals surface area (Å²) in [6, 6.07) is 8.04. The van der Waals surface area contributed by atoms with Crippen LogP contribution >= 0.6 is 0 Å². The molecule has 3 nitrogen and oxygen atoms in total. The Bertz CT molecular complexity index is 360. The fourth-order valence-electron chi connectivity index (χ4n) is 1.58. The van der Waals surface area contributed by atoms with E-state index in [1.165, 1.54) is 0 Å². The van der Waals surface area contributed by atoms with Gasteiger partial charge in [-0.05, 0) is 18.6 Å². The Labute approximate surface area is 90.2 Å². The Morgan fingerprint density at radius 2 is 2.27 bits per heavy atom. The number of ether oxygens (including phenoxy) is 1. The Hall–Kier alpha value is -1.51. The Kier molecular flexibility index (Phi) is 3.22. The molecule has 0 bridgehead atoms. The molecule has 2 rings (SSSR count). The van der Waals surface area contributed by atoms with Crippen molar-refractivity contribution >= 4 is 5.84 Å². The van der Waals surface area contributed by atoms with Crippen LogP contribution in [0.4, 0.5) is 0 Å². The molecule has 0 unspecified atom stereocenters. The predicted molar refractivity (Wildman–Crippen MR) is 61.6 cm³/mol. The molecule has 0 aromatic heterocycles. The summed E-state index contributed by atoms with van der Waals surface area (Å²) in [6.45, 7) is 4.65. The molecule has 0 amide bonds. The van der Waals surface area contributed by atoms with Gasteiger partial charge in [0.15, 0.2) is 0 Å². The summed E-state index contributed by atoms with van der Waals surface area (Å²) in [5.74, 6) is 1.88. The molecule has 0 spiro atoms. The molecule has 1 N–H and O–H groups in total. The fourth-order valence-corrected chi connectivity index (χ4v) is 1.58. The zero-order valence-corrected chi connectivity index (χ0v) is 8.99. The average molecular weight is 204 g/mol. The van der Waals surface area contributed by atoms with E-state index < -0.39 is 0 Å². The number of rotatable bonds is 4. The maximum absolute atomic E-state index is 5.68. The molecule has 0 atom stereocenters. The number of nitrogens with zero attached hydrogens (tertiary/aromatic N) is 1. The predicted octanol–water partition coefficient (Wildman–Crippen LogP) is 1.83. The summed E-state index contributed by atoms with van der Waals surface area (Å²) in [5.41, 5.74) is 1.07. The summed E-state index contributed by atoms with van der Waals surface area (Å²) in [4.78, 5) is 4.40. The third-order valence-corrected chi connectivity index (χ3v) is 2.28. The lowest BCUT2D eigenvalue weighted by molar-refractivity contribution is 0.317. The number of aliphatic imine (C=N–C) groups is 1. The summed E-state index contributed by atoms with van der Waals surface area (Å²) >= 11 is 0. The van der Waals surface area contributed by atoms with Gasteiger partial charge in [0, 0.05) is 6.54 Å². The average Bonchev–Trinajstić information content (AvgIpc) is 2.80. The minimum atomic E-state index is 0.754. The molecule has 0 saturated carbocycles. The van der Waals surface area contributed by atoms with Gasteiger partial charge < -0.3 is 10.1 Å². The lowest BCUT2D eigenvalue weighted by Gasteiger charge is -2.10. The van der Waals surface area contributed by atoms with Crippen LogP contribution in [-0.2, 0) is 0 Å². The Morgan fingerprint density at radius 1 is 1.40 bits per heavy atom. The van der Waals surface area contributed by atoms with E-state index in [0.29, 0.717) is 0 Å². The van der Waals surface area contributed by atoms with E-state index in [9.17, 15) is 0 Å². The van der Waals surface area contributed by atoms with Crippen molar-refractivity contribution in [2.45, 2.75) is 13.3 Å². The Morgan fingerprint density at radius 3 is 3.00 bits per heavy atom. The van der Waals surface area contributed by atoms with Gasteiger partial charge in [-0.1, -0.05) is 19.1 Å². The van der Waals surface area contributed by atoms with Crippen molar-refractivity contribution in [2.24, 2.45) is 4.99 Å². The highest BCUT2D eigenvalue weighted by Crippen LogP contribution is 2.19. The highest BCUT2D eigenvalue weighted by Gasteiger charge is 2.12. The molecule has 3 heteroatoms. The second-order valence-corrected chi connectivity index (χ2v) is 3.50. The SMILES string of the molecule is CCCOc1ccccc1C1=NCCN1. The van der Waals surface area contributed by atoms with Crippen LogP contribution in [0.5, 0.6) is 5.75 Å². The maximum atomic E-state index is 5.68. The van der Waals surface area contributed by atoms with Gasteiger partial charge in [-0.15, -0.1) is 0 Å². The van der Waals surface area contributed by atoms with E-state index in [0.717, 1.165) is 43.3 Å². The van der Waals surface area contributed by atoms with Crippen molar-refractivity contribution in [3.63, 3.8) is 0 Å². The molecule has 1 aliphatic heterocycles. The van der Waals surface area contributed by atoms with Gasteiger partial charge in [-0.3, -0.25) is 4.99 Å². The monoisotopic (exact) mass is 204 g/mol. The molecule has 1 heterocycles. The molecule has 0 fully saturated rings. The van der Waals surface area contributed by atoms with Gasteiger partial charge in [0.05, 0.1) is 18.7 Å². The molecule has 0 aliphatic carbocycles. The maximum Gasteiger partial charge on any atom is 0.132 e. The highest BCUT2D eigenvalue weighted by molar-refractivity contribution is 6.02. The van der Waals surface area contributed by atoms with Crippen LogP contribution < -0.4 is 10.1 Å². The number of para-hydroxylation sites is 1. The van der Waals surface area contributed by atoms with E-state index in [2.05, 4.69) is 17.2 Å². The first-order valence-corrected chi connectivity index (χ1v) is 5.42. The molecule has 1 aliphatic rings. The summed E-state index contributed by atoms with van der Waals surface area (Å²) in [7, 11) is 0. The molecule has 1 aromatic carbocycles. The lowest BCUT2D eigenvalue weighted by atomic mass is 10.2. The van der Waals surface area contributed by atoms with Crippen molar-refractivity contribution in [3.8, 4) is 5.75 Å². The summed E-state index contributed by atoms with van der Waals surface area (Å²) in [6.07, 6.45) is 1.02. The van der Waals surface area contributed by atoms with Gasteiger partial charge in [0.2, 0.25) is 0 Å². The van der Waals surface area contributed by atoms with Gasteiger partial charge in [0.1, 0.15) is 11.6 Å². The van der Waals surface area contributed by atoms with E-state index in [1.807, 2.05) is 24.3 Å². The largest absolute Gasteiger partial charge is 0.493 e. The second-order valence-electron chi connectivity index (χ2n) is 3.50. The zero-order valence-electron chi connectivity index (χ0n) is 8.99. The molecular weight excluding hydrogens is 188 g/mol. The van der Waals surface area contributed by atoms with Crippen molar-refractivity contribution in [1.29, 1.82) is 0 Å². The molecule has 0 radical (unpaired) electrons. The minimum Gasteiger partial charge on any atom is -0.493 e. The third kappa shape index (κ3) is 2.29. The standard InChI is InChI=1S/C12H16N2O/c1-2-9-15-11-6-4-3-5-10(11)12-13-7-8-14-12/h3-6H,2,7-9H2,1H3,(H,13,14). The van der Waals surface area contributed by atoms with Crippen molar-refractivity contribution in [2.75, 3.05) is 19.7 Å².